The Hall–Kier alpha value is -2.36. The molecule has 0 fully saturated rings. The molecule has 2 nitrogen and oxygen atoms in total. The Morgan fingerprint density at radius 2 is 1.05 bits per heavy atom. The zero-order valence-corrected chi connectivity index (χ0v) is 8.92. The Morgan fingerprint density at radius 1 is 0.650 bits per heavy atom. The van der Waals surface area contributed by atoms with Crippen LogP contribution in [-0.4, -0.2) is 0 Å². The summed E-state index contributed by atoms with van der Waals surface area (Å²) in [5.41, 5.74) is -9.32. The molecule has 106 valence electrons. The fraction of sp³-hybridized carbons (Fsp3) is 0.200. The van der Waals surface area contributed by atoms with Gasteiger partial charge in [-0.3, -0.25) is 0 Å². The molecule has 0 saturated carbocycles. The first kappa shape index (κ1) is 15.7. The second-order valence-corrected chi connectivity index (χ2v) is 3.35. The maximum atomic E-state index is 13.2. The highest BCUT2D eigenvalue weighted by atomic mass is 19.4. The third-order valence-corrected chi connectivity index (χ3v) is 2.17. The first-order valence-corrected chi connectivity index (χ1v) is 4.46. The molecule has 0 radical (unpaired) electrons. The smallest absolute Gasteiger partial charge is 0.203 e. The minimum atomic E-state index is -5.89. The van der Waals surface area contributed by atoms with Gasteiger partial charge >= 0.3 is 12.4 Å². The van der Waals surface area contributed by atoms with Crippen molar-refractivity contribution in [3.8, 4) is 12.1 Å². The monoisotopic (exact) mass is 300 g/mol. The zero-order valence-electron chi connectivity index (χ0n) is 8.92. The molecule has 1 rings (SSSR count). The van der Waals surface area contributed by atoms with Gasteiger partial charge in [0.15, 0.2) is 11.6 Å². The predicted octanol–water partition coefficient (Wildman–Crippen LogP) is 3.75. The molecule has 0 aliphatic rings. The van der Waals surface area contributed by atoms with Crippen molar-refractivity contribution in [3.05, 3.63) is 33.9 Å². The number of hydrogen-bond acceptors (Lipinski definition) is 2. The topological polar surface area (TPSA) is 47.6 Å². The van der Waals surface area contributed by atoms with Gasteiger partial charge in [-0.05, 0) is 0 Å². The van der Waals surface area contributed by atoms with Crippen LogP contribution in [-0.2, 0) is 12.4 Å². The van der Waals surface area contributed by atoms with Crippen molar-refractivity contribution >= 4 is 0 Å². The van der Waals surface area contributed by atoms with Crippen LogP contribution in [0.4, 0.5) is 35.1 Å². The highest BCUT2D eigenvalue weighted by molar-refractivity contribution is 5.56. The van der Waals surface area contributed by atoms with Crippen molar-refractivity contribution in [2.24, 2.45) is 0 Å². The molecule has 10 heteroatoms. The number of alkyl halides is 6. The normalized spacial score (nSPS) is 11.9. The largest absolute Gasteiger partial charge is 0.419 e. The molecule has 0 heterocycles. The Morgan fingerprint density at radius 3 is 1.35 bits per heavy atom. The van der Waals surface area contributed by atoms with Gasteiger partial charge in [-0.25, -0.2) is 8.78 Å². The van der Waals surface area contributed by atoms with E-state index in [1.165, 1.54) is 0 Å². The number of halogens is 8. The summed E-state index contributed by atoms with van der Waals surface area (Å²) in [6, 6.07) is 1.39. The van der Waals surface area contributed by atoms with E-state index in [9.17, 15) is 35.1 Å². The highest BCUT2D eigenvalue weighted by Gasteiger charge is 2.49. The van der Waals surface area contributed by atoms with Crippen molar-refractivity contribution in [1.29, 1.82) is 10.5 Å². The molecule has 0 aromatic heterocycles. The molecule has 20 heavy (non-hydrogen) atoms. The highest BCUT2D eigenvalue weighted by Crippen LogP contribution is 2.45. The van der Waals surface area contributed by atoms with Crippen LogP contribution in [0, 0.1) is 34.3 Å². The van der Waals surface area contributed by atoms with Crippen molar-refractivity contribution < 1.29 is 35.1 Å². The zero-order chi connectivity index (χ0) is 15.9. The molecule has 0 unspecified atom stereocenters. The molecule has 0 amide bonds. The Kier molecular flexibility index (Phi) is 3.64. The van der Waals surface area contributed by atoms with Gasteiger partial charge in [-0.2, -0.15) is 36.9 Å². The summed E-state index contributed by atoms with van der Waals surface area (Å²) < 4.78 is 102. The van der Waals surface area contributed by atoms with Crippen molar-refractivity contribution in [2.75, 3.05) is 0 Å². The van der Waals surface area contributed by atoms with Gasteiger partial charge < -0.3 is 0 Å². The fourth-order valence-corrected chi connectivity index (χ4v) is 1.46. The van der Waals surface area contributed by atoms with Gasteiger partial charge in [0.25, 0.3) is 0 Å². The van der Waals surface area contributed by atoms with E-state index in [1.54, 1.807) is 0 Å². The Balaban J connectivity index is 4.12. The van der Waals surface area contributed by atoms with E-state index < -0.39 is 46.2 Å². The third kappa shape index (κ3) is 2.37. The lowest BCUT2D eigenvalue weighted by Gasteiger charge is -2.18. The van der Waals surface area contributed by atoms with Crippen LogP contribution in [0.2, 0.25) is 0 Å². The van der Waals surface area contributed by atoms with Crippen LogP contribution in [0.15, 0.2) is 0 Å². The van der Waals surface area contributed by atoms with E-state index in [2.05, 4.69) is 0 Å². The van der Waals surface area contributed by atoms with E-state index in [4.69, 9.17) is 10.5 Å². The van der Waals surface area contributed by atoms with Crippen LogP contribution in [0.5, 0.6) is 0 Å². The number of nitrogens with zero attached hydrogens (tertiary/aromatic N) is 2. The summed E-state index contributed by atoms with van der Waals surface area (Å²) in [5.74, 6) is -5.33. The van der Waals surface area contributed by atoms with E-state index in [1.807, 2.05) is 0 Å². The minimum absolute atomic E-state index is 0.653. The van der Waals surface area contributed by atoms with E-state index >= 15 is 0 Å². The molecule has 0 bridgehead atoms. The number of benzene rings is 1. The van der Waals surface area contributed by atoms with Crippen LogP contribution in [0.25, 0.3) is 0 Å². The van der Waals surface area contributed by atoms with Crippen LogP contribution in [0.3, 0.4) is 0 Å². The number of nitriles is 2. The van der Waals surface area contributed by atoms with Crippen LogP contribution < -0.4 is 0 Å². The van der Waals surface area contributed by atoms with E-state index in [0.29, 0.717) is 6.07 Å². The Labute approximate surface area is 105 Å². The minimum Gasteiger partial charge on any atom is -0.203 e. The van der Waals surface area contributed by atoms with Crippen LogP contribution in [0.1, 0.15) is 22.3 Å². The summed E-state index contributed by atoms with van der Waals surface area (Å²) in [4.78, 5) is 0. The van der Waals surface area contributed by atoms with Crippen molar-refractivity contribution in [3.63, 3.8) is 0 Å². The predicted molar refractivity (Wildman–Crippen MR) is 45.8 cm³/mol. The second-order valence-electron chi connectivity index (χ2n) is 3.35. The van der Waals surface area contributed by atoms with Gasteiger partial charge in [-0.1, -0.05) is 0 Å². The molecule has 0 aliphatic heterocycles. The molecule has 0 spiro atoms. The SMILES string of the molecule is N#Cc1c(F)c(F)c(C(F)(F)F)c(C(F)(F)F)c1C#N. The lowest BCUT2D eigenvalue weighted by atomic mass is 9.95. The van der Waals surface area contributed by atoms with Gasteiger partial charge in [0.05, 0.1) is 11.1 Å². The molecule has 1 aromatic rings. The van der Waals surface area contributed by atoms with Gasteiger partial charge in [0.2, 0.25) is 0 Å². The van der Waals surface area contributed by atoms with Crippen molar-refractivity contribution in [2.45, 2.75) is 12.4 Å². The van der Waals surface area contributed by atoms with Crippen molar-refractivity contribution in [1.82, 2.24) is 0 Å². The first-order valence-electron chi connectivity index (χ1n) is 4.46. The summed E-state index contributed by atoms with van der Waals surface area (Å²) in [5, 5.41) is 16.8. The quantitative estimate of drug-likeness (QED) is 0.685. The van der Waals surface area contributed by atoms with Gasteiger partial charge in [-0.15, -0.1) is 0 Å². The van der Waals surface area contributed by atoms with Crippen LogP contribution >= 0.6 is 0 Å². The molecule has 0 aliphatic carbocycles. The average molecular weight is 300 g/mol. The average Bonchev–Trinajstić information content (AvgIpc) is 2.28. The molecular weight excluding hydrogens is 300 g/mol. The lowest BCUT2D eigenvalue weighted by Crippen LogP contribution is -2.23. The Bertz CT molecular complexity index is 642. The fourth-order valence-electron chi connectivity index (χ4n) is 1.46. The first-order chi connectivity index (χ1) is 8.96. The standard InChI is InChI=1S/C10F8N2/c11-7-4(2-20)3(1-19)5(9(13,14)15)6(8(7)12)10(16,17)18. The maximum Gasteiger partial charge on any atom is 0.419 e. The number of hydrogen-bond donors (Lipinski definition) is 0. The van der Waals surface area contributed by atoms with Gasteiger partial charge in [0.1, 0.15) is 23.3 Å². The lowest BCUT2D eigenvalue weighted by molar-refractivity contribution is -0.164. The maximum absolute atomic E-state index is 13.2. The van der Waals surface area contributed by atoms with E-state index in [0.717, 1.165) is 6.07 Å². The molecular formula is C10F8N2. The summed E-state index contributed by atoms with van der Waals surface area (Å²) >= 11 is 0. The summed E-state index contributed by atoms with van der Waals surface area (Å²) in [7, 11) is 0. The molecule has 0 N–H and O–H groups in total. The molecule has 1 aromatic carbocycles. The van der Waals surface area contributed by atoms with E-state index in [-0.39, 0.29) is 0 Å². The number of rotatable bonds is 0. The molecule has 0 saturated heterocycles. The molecule has 0 atom stereocenters. The third-order valence-electron chi connectivity index (χ3n) is 2.17. The second kappa shape index (κ2) is 4.63. The summed E-state index contributed by atoms with van der Waals surface area (Å²) in [6.07, 6.45) is -11.7. The van der Waals surface area contributed by atoms with Gasteiger partial charge in [0, 0.05) is 0 Å². The summed E-state index contributed by atoms with van der Waals surface area (Å²) in [6.45, 7) is 0.